The summed E-state index contributed by atoms with van der Waals surface area (Å²) in [5.74, 6) is 0.958. The van der Waals surface area contributed by atoms with Crippen molar-refractivity contribution in [2.24, 2.45) is 7.05 Å². The average molecular weight is 736 g/mol. The van der Waals surface area contributed by atoms with Gasteiger partial charge in [-0.15, -0.1) is 42.1 Å². The van der Waals surface area contributed by atoms with Gasteiger partial charge >= 0.3 is 0 Å². The van der Waals surface area contributed by atoms with Crippen molar-refractivity contribution < 1.29 is 25.8 Å². The van der Waals surface area contributed by atoms with Crippen LogP contribution in [-0.4, -0.2) is 9.78 Å². The number of aromatic nitrogens is 2. The van der Waals surface area contributed by atoms with Crippen LogP contribution in [0.3, 0.4) is 0 Å². The van der Waals surface area contributed by atoms with Crippen molar-refractivity contribution in [1.82, 2.24) is 9.78 Å². The Labute approximate surface area is 280 Å². The number of hydrogen-bond donors (Lipinski definition) is 0. The van der Waals surface area contributed by atoms with E-state index in [1.54, 1.807) is 0 Å². The van der Waals surface area contributed by atoms with Gasteiger partial charge in [0.15, 0.2) is 0 Å². The van der Waals surface area contributed by atoms with Gasteiger partial charge < -0.3 is 5.32 Å². The van der Waals surface area contributed by atoms with Gasteiger partial charge in [0, 0.05) is 44.8 Å². The van der Waals surface area contributed by atoms with E-state index in [4.69, 9.17) is 5.32 Å². The molecule has 0 radical (unpaired) electrons. The number of benzene rings is 4. The van der Waals surface area contributed by atoms with Crippen molar-refractivity contribution >= 4 is 5.69 Å². The molecule has 1 heterocycles. The van der Waals surface area contributed by atoms with Crippen molar-refractivity contribution in [2.75, 3.05) is 0 Å². The minimum absolute atomic E-state index is 0. The average Bonchev–Trinajstić information content (AvgIpc) is 3.30. The number of hydrogen-bond acceptors (Lipinski definition) is 1. The normalized spacial score (nSPS) is 9.77. The molecule has 0 aliphatic heterocycles. The Morgan fingerprint density at radius 1 is 0.628 bits per heavy atom. The topological polar surface area (TPSA) is 31.9 Å². The van der Waals surface area contributed by atoms with Crippen LogP contribution in [0.5, 0.6) is 0 Å². The summed E-state index contributed by atoms with van der Waals surface area (Å²) >= 11 is 0. The minimum Gasteiger partial charge on any atom is -0.679 e. The van der Waals surface area contributed by atoms with Gasteiger partial charge in [-0.05, 0) is 24.3 Å². The molecule has 5 rings (SSSR count). The van der Waals surface area contributed by atoms with E-state index in [1.165, 1.54) is 16.7 Å². The summed E-state index contributed by atoms with van der Waals surface area (Å²) in [5.41, 5.74) is 9.30. The first-order chi connectivity index (χ1) is 20.1. The van der Waals surface area contributed by atoms with E-state index in [2.05, 4.69) is 78.7 Å². The second-order valence-corrected chi connectivity index (χ2v) is 10.8. The molecule has 5 aromatic rings. The van der Waals surface area contributed by atoms with E-state index in [-0.39, 0.29) is 25.8 Å². The molecule has 0 atom stereocenters. The molecule has 1 aromatic heterocycles. The predicted molar refractivity (Wildman–Crippen MR) is 182 cm³/mol. The van der Waals surface area contributed by atoms with E-state index >= 15 is 0 Å². The summed E-state index contributed by atoms with van der Waals surface area (Å²) in [6.45, 7) is 22.8. The smallest absolute Gasteiger partial charge is 0.0478 e. The molecule has 0 N–H and O–H groups in total. The Balaban J connectivity index is 0.000000340. The maximum atomic E-state index is 4.92. The Kier molecular flexibility index (Phi) is 17.7. The summed E-state index contributed by atoms with van der Waals surface area (Å²) in [6.07, 6.45) is 2.04. The Morgan fingerprint density at radius 2 is 1.00 bits per heavy atom. The van der Waals surface area contributed by atoms with Crippen LogP contribution in [0.1, 0.15) is 78.6 Å². The minimum atomic E-state index is 0. The monoisotopic (exact) mass is 737 g/mol. The fourth-order valence-electron chi connectivity index (χ4n) is 4.09. The molecular weight excluding hydrogens is 689 g/mol. The van der Waals surface area contributed by atoms with Crippen LogP contribution in [-0.2, 0) is 39.4 Å². The fraction of sp³-hybridized carbons (Fsp3) is 0.231. The molecule has 4 aromatic carbocycles. The molecular formula is C39H47HfN3-4. The van der Waals surface area contributed by atoms with Crippen molar-refractivity contribution in [3.05, 3.63) is 181 Å². The molecule has 0 aliphatic carbocycles. The SMILES string of the molecule is Cc1cn(C)nc1C[N-]c1c(C(C)C)cccc1C(C)C.[CH2-]c1ccccc1.[CH2-]c1ccccc1.[CH2-]c1ccccc1.[Hf]. The molecule has 0 aliphatic rings. The first-order valence-corrected chi connectivity index (χ1v) is 14.5. The zero-order valence-corrected chi connectivity index (χ0v) is 30.4. The van der Waals surface area contributed by atoms with Gasteiger partial charge in [-0.3, -0.25) is 4.68 Å². The van der Waals surface area contributed by atoms with Gasteiger partial charge in [-0.2, -0.15) is 79.0 Å². The summed E-state index contributed by atoms with van der Waals surface area (Å²) in [7, 11) is 1.96. The quantitative estimate of drug-likeness (QED) is 0.131. The van der Waals surface area contributed by atoms with Gasteiger partial charge in [0.1, 0.15) is 0 Å². The third-order valence-corrected chi connectivity index (χ3v) is 6.37. The summed E-state index contributed by atoms with van der Waals surface area (Å²) in [5, 5.41) is 9.41. The Morgan fingerprint density at radius 3 is 1.26 bits per heavy atom. The van der Waals surface area contributed by atoms with E-state index in [0.717, 1.165) is 28.1 Å². The van der Waals surface area contributed by atoms with E-state index < -0.39 is 0 Å². The van der Waals surface area contributed by atoms with Gasteiger partial charge in [-0.25, -0.2) is 0 Å². The predicted octanol–water partition coefficient (Wildman–Crippen LogP) is 10.8. The Bertz CT molecular complexity index is 1290. The first kappa shape index (κ1) is 37.4. The van der Waals surface area contributed by atoms with E-state index in [0.29, 0.717) is 18.4 Å². The maximum absolute atomic E-state index is 4.92. The fourth-order valence-corrected chi connectivity index (χ4v) is 4.09. The second kappa shape index (κ2) is 20.3. The zero-order valence-electron chi connectivity index (χ0n) is 26.8. The maximum Gasteiger partial charge on any atom is 0.0478 e. The van der Waals surface area contributed by atoms with Crippen molar-refractivity contribution in [2.45, 2.75) is 53.0 Å². The van der Waals surface area contributed by atoms with E-state index in [1.807, 2.05) is 109 Å². The standard InChI is InChI=1S/C18H26N3.3C7H7.Hf/c1-12(2)15-8-7-9-16(13(3)4)18(15)19-10-17-14(5)11-21(6)20-17;3*1-7-5-3-2-4-6-7;/h7-9,11-13H,10H2,1-6H3;3*2-6H,1H2;/q4*-1;. The number of aryl methyl sites for hydroxylation is 2. The number of para-hydroxylation sites is 1. The van der Waals surface area contributed by atoms with Crippen LogP contribution in [0, 0.1) is 27.7 Å². The molecule has 226 valence electrons. The van der Waals surface area contributed by atoms with Crippen LogP contribution < -0.4 is 0 Å². The molecule has 0 saturated carbocycles. The van der Waals surface area contributed by atoms with Crippen LogP contribution in [0.15, 0.2) is 115 Å². The van der Waals surface area contributed by atoms with Crippen LogP contribution in [0.4, 0.5) is 5.69 Å². The molecule has 0 bridgehead atoms. The summed E-state index contributed by atoms with van der Waals surface area (Å²) in [4.78, 5) is 0. The second-order valence-electron chi connectivity index (χ2n) is 10.8. The van der Waals surface area contributed by atoms with Crippen LogP contribution >= 0.6 is 0 Å². The van der Waals surface area contributed by atoms with Crippen LogP contribution in [0.2, 0.25) is 0 Å². The molecule has 0 fully saturated rings. The zero-order chi connectivity index (χ0) is 30.9. The number of nitrogens with zero attached hydrogens (tertiary/aromatic N) is 3. The summed E-state index contributed by atoms with van der Waals surface area (Å²) in [6, 6.07) is 36.2. The largest absolute Gasteiger partial charge is 0.679 e. The van der Waals surface area contributed by atoms with Crippen molar-refractivity contribution in [3.63, 3.8) is 0 Å². The third-order valence-electron chi connectivity index (χ3n) is 6.37. The summed E-state index contributed by atoms with van der Waals surface area (Å²) < 4.78 is 1.86. The molecule has 0 unspecified atom stereocenters. The van der Waals surface area contributed by atoms with Gasteiger partial charge in [0.2, 0.25) is 0 Å². The third kappa shape index (κ3) is 14.4. The van der Waals surface area contributed by atoms with Crippen molar-refractivity contribution in [3.8, 4) is 0 Å². The molecule has 43 heavy (non-hydrogen) atoms. The van der Waals surface area contributed by atoms with Gasteiger partial charge in [0.05, 0.1) is 0 Å². The van der Waals surface area contributed by atoms with Gasteiger partial charge in [-0.1, -0.05) is 81.8 Å². The van der Waals surface area contributed by atoms with Gasteiger partial charge in [0.25, 0.3) is 0 Å². The molecule has 0 amide bonds. The van der Waals surface area contributed by atoms with Crippen LogP contribution in [0.25, 0.3) is 5.32 Å². The molecule has 4 heteroatoms. The van der Waals surface area contributed by atoms with Crippen molar-refractivity contribution in [1.29, 1.82) is 0 Å². The number of rotatable bonds is 5. The molecule has 0 saturated heterocycles. The van der Waals surface area contributed by atoms with E-state index in [9.17, 15) is 0 Å². The molecule has 3 nitrogen and oxygen atoms in total. The first-order valence-electron chi connectivity index (χ1n) is 14.5. The molecule has 0 spiro atoms. The Hall–Kier alpha value is -3.63.